The Hall–Kier alpha value is -0.0800. The van der Waals surface area contributed by atoms with E-state index >= 15 is 0 Å². The third kappa shape index (κ3) is 1.50. The summed E-state index contributed by atoms with van der Waals surface area (Å²) in [7, 11) is 0. The van der Waals surface area contributed by atoms with Gasteiger partial charge < -0.3 is 5.11 Å². The third-order valence-electron chi connectivity index (χ3n) is 4.00. The summed E-state index contributed by atoms with van der Waals surface area (Å²) in [6.07, 6.45) is 5.02. The summed E-state index contributed by atoms with van der Waals surface area (Å²) in [5, 5.41) is 9.65. The molecule has 1 saturated carbocycles. The van der Waals surface area contributed by atoms with Crippen LogP contribution in [0.25, 0.3) is 0 Å². The Morgan fingerprint density at radius 2 is 1.77 bits per heavy atom. The molecule has 1 aliphatic carbocycles. The molecule has 2 nitrogen and oxygen atoms in total. The van der Waals surface area contributed by atoms with Crippen LogP contribution in [0, 0.1) is 5.41 Å². The summed E-state index contributed by atoms with van der Waals surface area (Å²) >= 11 is 0. The molecule has 2 aliphatic rings. The molecule has 0 amide bonds. The van der Waals surface area contributed by atoms with Gasteiger partial charge in [-0.3, -0.25) is 4.90 Å². The van der Waals surface area contributed by atoms with Gasteiger partial charge in [-0.15, -0.1) is 0 Å². The summed E-state index contributed by atoms with van der Waals surface area (Å²) in [6.45, 7) is 6.89. The minimum Gasteiger partial charge on any atom is -0.392 e. The van der Waals surface area contributed by atoms with Gasteiger partial charge in [0.15, 0.2) is 0 Å². The SMILES string of the molecule is CC1(C)C(O)CC1N1CCCCC1. The molecule has 13 heavy (non-hydrogen) atoms. The predicted octanol–water partition coefficient (Wildman–Crippen LogP) is 1.63. The zero-order valence-corrected chi connectivity index (χ0v) is 8.79. The van der Waals surface area contributed by atoms with Crippen LogP contribution in [0.3, 0.4) is 0 Å². The van der Waals surface area contributed by atoms with Gasteiger partial charge in [0, 0.05) is 11.5 Å². The first-order chi connectivity index (χ1) is 6.12. The van der Waals surface area contributed by atoms with Crippen LogP contribution in [0.4, 0.5) is 0 Å². The van der Waals surface area contributed by atoms with Crippen LogP contribution in [-0.2, 0) is 0 Å². The molecule has 2 heteroatoms. The van der Waals surface area contributed by atoms with Crippen LogP contribution in [0.15, 0.2) is 0 Å². The van der Waals surface area contributed by atoms with Crippen molar-refractivity contribution in [3.8, 4) is 0 Å². The number of aliphatic hydroxyl groups excluding tert-OH is 1. The molecule has 1 saturated heterocycles. The molecule has 2 atom stereocenters. The molecule has 0 spiro atoms. The van der Waals surface area contributed by atoms with Crippen molar-refractivity contribution in [1.82, 2.24) is 4.90 Å². The second-order valence-electron chi connectivity index (χ2n) is 5.19. The van der Waals surface area contributed by atoms with Gasteiger partial charge in [-0.05, 0) is 32.4 Å². The maximum absolute atomic E-state index is 9.65. The maximum Gasteiger partial charge on any atom is 0.0621 e. The van der Waals surface area contributed by atoms with Crippen molar-refractivity contribution in [2.45, 2.75) is 51.7 Å². The quantitative estimate of drug-likeness (QED) is 0.668. The van der Waals surface area contributed by atoms with E-state index in [0.717, 1.165) is 6.42 Å². The molecule has 2 rings (SSSR count). The zero-order valence-electron chi connectivity index (χ0n) is 8.79. The van der Waals surface area contributed by atoms with Gasteiger partial charge in [0.2, 0.25) is 0 Å². The van der Waals surface area contributed by atoms with Crippen molar-refractivity contribution >= 4 is 0 Å². The van der Waals surface area contributed by atoms with Crippen LogP contribution >= 0.6 is 0 Å². The lowest BCUT2D eigenvalue weighted by molar-refractivity contribution is -0.123. The van der Waals surface area contributed by atoms with Crippen molar-refractivity contribution in [2.75, 3.05) is 13.1 Å². The van der Waals surface area contributed by atoms with Gasteiger partial charge >= 0.3 is 0 Å². The monoisotopic (exact) mass is 183 g/mol. The first kappa shape index (κ1) is 9.47. The van der Waals surface area contributed by atoms with Crippen LogP contribution in [0.1, 0.15) is 39.5 Å². The minimum absolute atomic E-state index is 0.0700. The highest BCUT2D eigenvalue weighted by Crippen LogP contribution is 2.44. The van der Waals surface area contributed by atoms with Gasteiger partial charge in [0.1, 0.15) is 0 Å². The molecule has 2 fully saturated rings. The molecule has 0 aromatic rings. The predicted molar refractivity (Wildman–Crippen MR) is 53.6 cm³/mol. The summed E-state index contributed by atoms with van der Waals surface area (Å²) in [5.41, 5.74) is 0.136. The van der Waals surface area contributed by atoms with E-state index in [-0.39, 0.29) is 11.5 Å². The van der Waals surface area contributed by atoms with E-state index < -0.39 is 0 Å². The van der Waals surface area contributed by atoms with E-state index in [1.165, 1.54) is 32.4 Å². The Labute approximate surface area is 80.9 Å². The molecular formula is C11H21NO. The highest BCUT2D eigenvalue weighted by molar-refractivity contribution is 5.03. The number of likely N-dealkylation sites (tertiary alicyclic amines) is 1. The standard InChI is InChI=1S/C11H21NO/c1-11(2)9(8-10(11)13)12-6-4-3-5-7-12/h9-10,13H,3-8H2,1-2H3. The maximum atomic E-state index is 9.65. The van der Waals surface area contributed by atoms with Crippen LogP contribution in [0.2, 0.25) is 0 Å². The topological polar surface area (TPSA) is 23.5 Å². The van der Waals surface area contributed by atoms with Gasteiger partial charge in [0.25, 0.3) is 0 Å². The third-order valence-corrected chi connectivity index (χ3v) is 4.00. The van der Waals surface area contributed by atoms with E-state index in [4.69, 9.17) is 0 Å². The molecule has 1 N–H and O–H groups in total. The van der Waals surface area contributed by atoms with Gasteiger partial charge in [-0.25, -0.2) is 0 Å². The number of piperidine rings is 1. The van der Waals surface area contributed by atoms with Crippen molar-refractivity contribution in [1.29, 1.82) is 0 Å². The molecular weight excluding hydrogens is 162 g/mol. The van der Waals surface area contributed by atoms with Crippen LogP contribution in [-0.4, -0.2) is 35.2 Å². The average molecular weight is 183 g/mol. The average Bonchev–Trinajstić information content (AvgIpc) is 2.15. The zero-order chi connectivity index (χ0) is 9.47. The summed E-state index contributed by atoms with van der Waals surface area (Å²) < 4.78 is 0. The minimum atomic E-state index is -0.0700. The number of hydrogen-bond donors (Lipinski definition) is 1. The van der Waals surface area contributed by atoms with Gasteiger partial charge in [-0.1, -0.05) is 20.3 Å². The van der Waals surface area contributed by atoms with E-state index in [2.05, 4.69) is 18.7 Å². The van der Waals surface area contributed by atoms with E-state index in [1.807, 2.05) is 0 Å². The second kappa shape index (κ2) is 3.25. The lowest BCUT2D eigenvalue weighted by Gasteiger charge is -2.55. The number of aliphatic hydroxyl groups is 1. The van der Waals surface area contributed by atoms with Crippen molar-refractivity contribution < 1.29 is 5.11 Å². The normalized spacial score (nSPS) is 39.9. The molecule has 1 aliphatic heterocycles. The summed E-state index contributed by atoms with van der Waals surface area (Å²) in [6, 6.07) is 0.641. The first-order valence-corrected chi connectivity index (χ1v) is 5.54. The molecule has 0 aromatic carbocycles. The highest BCUT2D eigenvalue weighted by atomic mass is 16.3. The lowest BCUT2D eigenvalue weighted by atomic mass is 9.63. The Bertz CT molecular complexity index is 185. The molecule has 1 heterocycles. The van der Waals surface area contributed by atoms with Crippen molar-refractivity contribution in [3.63, 3.8) is 0 Å². The Morgan fingerprint density at radius 3 is 2.23 bits per heavy atom. The van der Waals surface area contributed by atoms with E-state index in [0.29, 0.717) is 6.04 Å². The fraction of sp³-hybridized carbons (Fsp3) is 1.00. The Balaban J connectivity index is 1.94. The molecule has 0 aromatic heterocycles. The molecule has 76 valence electrons. The van der Waals surface area contributed by atoms with E-state index in [1.54, 1.807) is 0 Å². The van der Waals surface area contributed by atoms with Crippen LogP contribution < -0.4 is 0 Å². The highest BCUT2D eigenvalue weighted by Gasteiger charge is 2.49. The van der Waals surface area contributed by atoms with Crippen molar-refractivity contribution in [2.24, 2.45) is 5.41 Å². The fourth-order valence-electron chi connectivity index (χ4n) is 2.73. The Morgan fingerprint density at radius 1 is 1.15 bits per heavy atom. The van der Waals surface area contributed by atoms with Gasteiger partial charge in [0.05, 0.1) is 6.10 Å². The lowest BCUT2D eigenvalue weighted by Crippen LogP contribution is -2.62. The van der Waals surface area contributed by atoms with Crippen molar-refractivity contribution in [3.05, 3.63) is 0 Å². The smallest absolute Gasteiger partial charge is 0.0621 e. The number of nitrogens with zero attached hydrogens (tertiary/aromatic N) is 1. The summed E-state index contributed by atoms with van der Waals surface area (Å²) in [4.78, 5) is 2.58. The molecule has 0 bridgehead atoms. The largest absolute Gasteiger partial charge is 0.392 e. The molecule has 2 unspecified atom stereocenters. The number of hydrogen-bond acceptors (Lipinski definition) is 2. The van der Waals surface area contributed by atoms with Crippen LogP contribution in [0.5, 0.6) is 0 Å². The van der Waals surface area contributed by atoms with Gasteiger partial charge in [-0.2, -0.15) is 0 Å². The first-order valence-electron chi connectivity index (χ1n) is 5.54. The number of rotatable bonds is 1. The van der Waals surface area contributed by atoms with E-state index in [9.17, 15) is 5.11 Å². The second-order valence-corrected chi connectivity index (χ2v) is 5.19. The fourth-order valence-corrected chi connectivity index (χ4v) is 2.73. The Kier molecular flexibility index (Phi) is 2.37. The molecule has 0 radical (unpaired) electrons. The summed E-state index contributed by atoms with van der Waals surface area (Å²) in [5.74, 6) is 0.